The molecule has 1 aliphatic heterocycles. The lowest BCUT2D eigenvalue weighted by Gasteiger charge is -2.29. The van der Waals surface area contributed by atoms with Gasteiger partial charge in [0.15, 0.2) is 0 Å². The average Bonchev–Trinajstić information content (AvgIpc) is 3.07. The maximum atomic E-state index is 12.3. The minimum absolute atomic E-state index is 0.00533. The van der Waals surface area contributed by atoms with Gasteiger partial charge in [-0.05, 0) is 24.8 Å². The van der Waals surface area contributed by atoms with E-state index in [0.717, 1.165) is 24.2 Å². The van der Waals surface area contributed by atoms with Crippen molar-refractivity contribution >= 4 is 11.9 Å². The van der Waals surface area contributed by atoms with E-state index in [-0.39, 0.29) is 11.9 Å². The molecule has 8 nitrogen and oxygen atoms in total. The van der Waals surface area contributed by atoms with Crippen molar-refractivity contribution in [2.24, 2.45) is 11.7 Å². The summed E-state index contributed by atoms with van der Waals surface area (Å²) < 4.78 is 1.92. The van der Waals surface area contributed by atoms with Crippen molar-refractivity contribution in [3.05, 3.63) is 17.5 Å². The molecule has 1 saturated carbocycles. The van der Waals surface area contributed by atoms with E-state index >= 15 is 0 Å². The van der Waals surface area contributed by atoms with Gasteiger partial charge in [0, 0.05) is 20.6 Å². The number of fused-ring (bicyclic) bond motifs is 1. The van der Waals surface area contributed by atoms with Crippen molar-refractivity contribution in [3.8, 4) is 0 Å². The summed E-state index contributed by atoms with van der Waals surface area (Å²) in [6, 6.07) is 1.54. The predicted molar refractivity (Wildman–Crippen MR) is 98.1 cm³/mol. The number of nitrogens with two attached hydrogens (primary N) is 1. The minimum Gasteiger partial charge on any atom is -0.349 e. The Labute approximate surface area is 154 Å². The molecule has 0 spiro atoms. The first-order valence-electron chi connectivity index (χ1n) is 9.51. The lowest BCUT2D eigenvalue weighted by molar-refractivity contribution is -0.124. The van der Waals surface area contributed by atoms with Crippen LogP contribution in [-0.2, 0) is 24.4 Å². The van der Waals surface area contributed by atoms with Gasteiger partial charge in [0.25, 0.3) is 0 Å². The third kappa shape index (κ3) is 4.17. The van der Waals surface area contributed by atoms with Gasteiger partial charge in [0.05, 0.1) is 37.1 Å². The maximum Gasteiger partial charge on any atom is 0.319 e. The Morgan fingerprint density at radius 3 is 2.73 bits per heavy atom. The molecule has 1 aliphatic carbocycles. The quantitative estimate of drug-likeness (QED) is 0.832. The molecular formula is C18H30N6O2. The fourth-order valence-electron chi connectivity index (χ4n) is 3.86. The van der Waals surface area contributed by atoms with E-state index < -0.39 is 6.04 Å². The van der Waals surface area contributed by atoms with E-state index in [1.54, 1.807) is 23.9 Å². The van der Waals surface area contributed by atoms with Crippen molar-refractivity contribution in [3.63, 3.8) is 0 Å². The zero-order valence-corrected chi connectivity index (χ0v) is 15.8. The van der Waals surface area contributed by atoms with Crippen LogP contribution in [0.3, 0.4) is 0 Å². The van der Waals surface area contributed by atoms with Gasteiger partial charge in [-0.1, -0.05) is 19.3 Å². The van der Waals surface area contributed by atoms with Crippen LogP contribution in [0.5, 0.6) is 0 Å². The lowest BCUT2D eigenvalue weighted by atomic mass is 9.84. The molecular weight excluding hydrogens is 332 g/mol. The van der Waals surface area contributed by atoms with Gasteiger partial charge in [-0.3, -0.25) is 9.48 Å². The van der Waals surface area contributed by atoms with Crippen molar-refractivity contribution in [1.29, 1.82) is 0 Å². The maximum absolute atomic E-state index is 12.3. The summed E-state index contributed by atoms with van der Waals surface area (Å²) in [5.74, 6) is 0.205. The third-order valence-electron chi connectivity index (χ3n) is 5.41. The summed E-state index contributed by atoms with van der Waals surface area (Å²) in [6.07, 6.45) is 5.67. The van der Waals surface area contributed by atoms with Gasteiger partial charge in [-0.15, -0.1) is 0 Å². The fourth-order valence-corrected chi connectivity index (χ4v) is 3.86. The number of aromatic nitrogens is 2. The second kappa shape index (κ2) is 8.07. The highest BCUT2D eigenvalue weighted by molar-refractivity contribution is 5.81. The smallest absolute Gasteiger partial charge is 0.319 e. The molecule has 3 amide bonds. The van der Waals surface area contributed by atoms with Crippen LogP contribution in [0.1, 0.15) is 43.5 Å². The minimum atomic E-state index is -0.430. The number of urea groups is 1. The van der Waals surface area contributed by atoms with Crippen LogP contribution in [0.25, 0.3) is 0 Å². The lowest BCUT2D eigenvalue weighted by Crippen LogP contribution is -2.45. The summed E-state index contributed by atoms with van der Waals surface area (Å²) in [4.78, 5) is 27.8. The van der Waals surface area contributed by atoms with Crippen LogP contribution in [0.15, 0.2) is 6.07 Å². The molecule has 1 atom stereocenters. The van der Waals surface area contributed by atoms with Gasteiger partial charge < -0.3 is 20.9 Å². The van der Waals surface area contributed by atoms with Crippen molar-refractivity contribution in [2.45, 2.75) is 57.8 Å². The highest BCUT2D eigenvalue weighted by Crippen LogP contribution is 2.25. The topological polar surface area (TPSA) is 96.5 Å². The van der Waals surface area contributed by atoms with E-state index in [0.29, 0.717) is 32.1 Å². The number of amides is 3. The van der Waals surface area contributed by atoms with Gasteiger partial charge in [0.1, 0.15) is 0 Å². The van der Waals surface area contributed by atoms with Crippen LogP contribution >= 0.6 is 0 Å². The molecule has 144 valence electrons. The zero-order valence-electron chi connectivity index (χ0n) is 15.8. The second-order valence-electron chi connectivity index (χ2n) is 7.59. The summed E-state index contributed by atoms with van der Waals surface area (Å²) in [5.41, 5.74) is 7.95. The Hall–Kier alpha value is -2.09. The SMILES string of the molecule is CN(C)C(=O)N1CCn2nc(CNC(=O)C(N)C3CCCCC3)cc2C1. The van der Waals surface area contributed by atoms with Crippen molar-refractivity contribution < 1.29 is 9.59 Å². The van der Waals surface area contributed by atoms with Crippen LogP contribution in [0.4, 0.5) is 4.79 Å². The Morgan fingerprint density at radius 1 is 1.31 bits per heavy atom. The summed E-state index contributed by atoms with van der Waals surface area (Å²) in [5, 5.41) is 7.47. The Morgan fingerprint density at radius 2 is 2.04 bits per heavy atom. The van der Waals surface area contributed by atoms with Crippen LogP contribution < -0.4 is 11.1 Å². The molecule has 0 radical (unpaired) electrons. The molecule has 1 unspecified atom stereocenters. The number of nitrogens with one attached hydrogen (secondary N) is 1. The monoisotopic (exact) mass is 362 g/mol. The molecule has 3 rings (SSSR count). The Kier molecular flexibility index (Phi) is 5.80. The fraction of sp³-hybridized carbons (Fsp3) is 0.722. The van der Waals surface area contributed by atoms with Gasteiger partial charge in [-0.2, -0.15) is 5.10 Å². The number of hydrogen-bond donors (Lipinski definition) is 2. The molecule has 2 aliphatic rings. The normalized spacial score (nSPS) is 19.0. The Bertz CT molecular complexity index is 650. The number of carbonyl (C=O) groups excluding carboxylic acids is 2. The largest absolute Gasteiger partial charge is 0.349 e. The van der Waals surface area contributed by atoms with Crippen molar-refractivity contribution in [2.75, 3.05) is 20.6 Å². The highest BCUT2D eigenvalue weighted by Gasteiger charge is 2.27. The predicted octanol–water partition coefficient (Wildman–Crippen LogP) is 0.904. The molecule has 1 aromatic rings. The molecule has 0 saturated heterocycles. The first kappa shape index (κ1) is 18.7. The second-order valence-corrected chi connectivity index (χ2v) is 7.59. The highest BCUT2D eigenvalue weighted by atomic mass is 16.2. The van der Waals surface area contributed by atoms with Gasteiger partial charge in [0.2, 0.25) is 5.91 Å². The van der Waals surface area contributed by atoms with Crippen molar-refractivity contribution in [1.82, 2.24) is 24.9 Å². The molecule has 1 aromatic heterocycles. The molecule has 0 bridgehead atoms. The molecule has 8 heteroatoms. The number of carbonyl (C=O) groups is 2. The van der Waals surface area contributed by atoms with Crippen LogP contribution in [0, 0.1) is 5.92 Å². The average molecular weight is 362 g/mol. The molecule has 2 heterocycles. The first-order valence-corrected chi connectivity index (χ1v) is 9.51. The van der Waals surface area contributed by atoms with Crippen LogP contribution in [-0.4, -0.2) is 58.2 Å². The van der Waals surface area contributed by atoms with E-state index in [1.165, 1.54) is 19.3 Å². The number of rotatable bonds is 4. The van der Waals surface area contributed by atoms with E-state index in [4.69, 9.17) is 5.73 Å². The van der Waals surface area contributed by atoms with Gasteiger partial charge in [-0.25, -0.2) is 4.79 Å². The molecule has 26 heavy (non-hydrogen) atoms. The van der Waals surface area contributed by atoms with Gasteiger partial charge >= 0.3 is 6.03 Å². The molecule has 1 fully saturated rings. The van der Waals surface area contributed by atoms with E-state index in [9.17, 15) is 9.59 Å². The van der Waals surface area contributed by atoms with E-state index in [1.807, 2.05) is 10.7 Å². The summed E-state index contributed by atoms with van der Waals surface area (Å²) >= 11 is 0. The summed E-state index contributed by atoms with van der Waals surface area (Å²) in [7, 11) is 3.51. The third-order valence-corrected chi connectivity index (χ3v) is 5.41. The Balaban J connectivity index is 1.54. The summed E-state index contributed by atoms with van der Waals surface area (Å²) in [6.45, 7) is 2.23. The zero-order chi connectivity index (χ0) is 18.7. The van der Waals surface area contributed by atoms with Crippen LogP contribution in [0.2, 0.25) is 0 Å². The number of hydrogen-bond acceptors (Lipinski definition) is 4. The number of nitrogens with zero attached hydrogens (tertiary/aromatic N) is 4. The molecule has 3 N–H and O–H groups in total. The molecule has 0 aromatic carbocycles. The van der Waals surface area contributed by atoms with E-state index in [2.05, 4.69) is 10.4 Å². The standard InChI is InChI=1S/C18H30N6O2/c1-22(2)18(26)23-8-9-24-15(12-23)10-14(21-24)11-20-17(25)16(19)13-6-4-3-5-7-13/h10,13,16H,3-9,11-12,19H2,1-2H3,(H,20,25). The first-order chi connectivity index (χ1) is 12.5.